The van der Waals surface area contributed by atoms with Crippen molar-refractivity contribution in [2.75, 3.05) is 7.05 Å². The van der Waals surface area contributed by atoms with E-state index in [1.165, 1.54) is 16.2 Å². The normalized spacial score (nSPS) is 10.9. The third kappa shape index (κ3) is 4.38. The summed E-state index contributed by atoms with van der Waals surface area (Å²) < 4.78 is 5.72. The second kappa shape index (κ2) is 8.46. The van der Waals surface area contributed by atoms with Crippen LogP contribution in [0.2, 0.25) is 0 Å². The molecular weight excluding hydrogens is 400 g/mol. The Hall–Kier alpha value is -3.52. The lowest BCUT2D eigenvalue weighted by molar-refractivity contribution is 0.0776. The van der Waals surface area contributed by atoms with Gasteiger partial charge < -0.3 is 14.6 Å². The number of H-pyrrole nitrogens is 1. The number of para-hydroxylation sites is 1. The largest absolute Gasteiger partial charge is 0.486 e. The van der Waals surface area contributed by atoms with Gasteiger partial charge in [-0.25, -0.2) is 9.97 Å². The number of carbonyl (C=O) groups is 1. The first-order valence-electron chi connectivity index (χ1n) is 9.37. The quantitative estimate of drug-likeness (QED) is 0.515. The van der Waals surface area contributed by atoms with Gasteiger partial charge in [-0.1, -0.05) is 29.8 Å². The summed E-state index contributed by atoms with van der Waals surface area (Å²) in [5.74, 6) is 0.934. The van der Waals surface area contributed by atoms with E-state index in [4.69, 9.17) is 4.74 Å². The van der Waals surface area contributed by atoms with E-state index >= 15 is 0 Å². The summed E-state index contributed by atoms with van der Waals surface area (Å²) in [4.78, 5) is 38.0. The number of hydrogen-bond acceptors (Lipinski definition) is 6. The summed E-state index contributed by atoms with van der Waals surface area (Å²) >= 11 is 1.37. The second-order valence-corrected chi connectivity index (χ2v) is 7.86. The monoisotopic (exact) mass is 420 g/mol. The Morgan fingerprint density at radius 3 is 2.70 bits per heavy atom. The minimum atomic E-state index is -0.247. The summed E-state index contributed by atoms with van der Waals surface area (Å²) in [5.41, 5.74) is 1.88. The minimum Gasteiger partial charge on any atom is -0.486 e. The van der Waals surface area contributed by atoms with E-state index in [2.05, 4.69) is 15.0 Å². The number of fused-ring (bicyclic) bond motifs is 1. The van der Waals surface area contributed by atoms with Crippen LogP contribution in [0.1, 0.15) is 26.9 Å². The molecule has 0 aliphatic carbocycles. The number of rotatable bonds is 6. The number of aromatic amines is 1. The lowest BCUT2D eigenvalue weighted by atomic mass is 10.2. The van der Waals surface area contributed by atoms with Crippen molar-refractivity contribution in [3.05, 3.63) is 86.4 Å². The molecule has 4 rings (SSSR count). The Bertz CT molecular complexity index is 1250. The van der Waals surface area contributed by atoms with Crippen LogP contribution in [0.5, 0.6) is 5.75 Å². The van der Waals surface area contributed by atoms with Crippen LogP contribution < -0.4 is 10.3 Å². The van der Waals surface area contributed by atoms with Gasteiger partial charge in [0.1, 0.15) is 28.9 Å². The highest BCUT2D eigenvalue weighted by molar-refractivity contribution is 7.09. The molecule has 0 spiro atoms. The number of nitrogens with one attached hydrogen (secondary N) is 1. The number of ether oxygens (including phenoxy) is 1. The maximum atomic E-state index is 12.7. The molecule has 7 nitrogen and oxygen atoms in total. The second-order valence-electron chi connectivity index (χ2n) is 6.92. The van der Waals surface area contributed by atoms with Crippen LogP contribution in [-0.2, 0) is 13.2 Å². The average Bonchev–Trinajstić information content (AvgIpc) is 3.22. The third-order valence-electron chi connectivity index (χ3n) is 4.55. The van der Waals surface area contributed by atoms with E-state index in [1.807, 2.05) is 37.3 Å². The number of carbonyl (C=O) groups excluding carboxylic acids is 1. The molecule has 0 unspecified atom stereocenters. The third-order valence-corrected chi connectivity index (χ3v) is 5.37. The van der Waals surface area contributed by atoms with Crippen LogP contribution in [0.4, 0.5) is 0 Å². The van der Waals surface area contributed by atoms with Crippen molar-refractivity contribution in [2.24, 2.45) is 0 Å². The number of aryl methyl sites for hydroxylation is 1. The van der Waals surface area contributed by atoms with Crippen molar-refractivity contribution in [1.82, 2.24) is 19.9 Å². The van der Waals surface area contributed by atoms with Crippen molar-refractivity contribution in [3.8, 4) is 5.75 Å². The highest BCUT2D eigenvalue weighted by Crippen LogP contribution is 2.17. The molecule has 0 aliphatic rings. The van der Waals surface area contributed by atoms with Crippen molar-refractivity contribution in [1.29, 1.82) is 0 Å². The number of benzene rings is 2. The van der Waals surface area contributed by atoms with Crippen LogP contribution in [0.15, 0.2) is 58.7 Å². The highest BCUT2D eigenvalue weighted by atomic mass is 32.1. The summed E-state index contributed by atoms with van der Waals surface area (Å²) in [6.07, 6.45) is 0. The van der Waals surface area contributed by atoms with Gasteiger partial charge >= 0.3 is 0 Å². The molecule has 1 N–H and O–H groups in total. The standard InChI is InChI=1S/C22H20N4O3S/c1-14-7-9-15(10-8-14)29-12-20-24-18(13-30-20)22(28)26(2)11-19-23-17-6-4-3-5-16(17)21(27)25-19/h3-10,13H,11-12H2,1-2H3,(H,23,25,27). The zero-order valence-electron chi connectivity index (χ0n) is 16.6. The minimum absolute atomic E-state index is 0.172. The van der Waals surface area contributed by atoms with Gasteiger partial charge in [0, 0.05) is 12.4 Å². The molecule has 0 fully saturated rings. The predicted octanol–water partition coefficient (Wildman–Crippen LogP) is 3.54. The highest BCUT2D eigenvalue weighted by Gasteiger charge is 2.17. The Balaban J connectivity index is 1.42. The van der Waals surface area contributed by atoms with Crippen molar-refractivity contribution in [3.63, 3.8) is 0 Å². The molecule has 0 atom stereocenters. The van der Waals surface area contributed by atoms with Gasteiger partial charge in [0.2, 0.25) is 0 Å². The first-order valence-corrected chi connectivity index (χ1v) is 10.2. The Labute approximate surface area is 177 Å². The van der Waals surface area contributed by atoms with E-state index in [-0.39, 0.29) is 18.0 Å². The number of aromatic nitrogens is 3. The van der Waals surface area contributed by atoms with Crippen molar-refractivity contribution >= 4 is 28.1 Å². The molecule has 2 aromatic carbocycles. The molecule has 152 valence electrons. The molecule has 0 aliphatic heterocycles. The lowest BCUT2D eigenvalue weighted by Crippen LogP contribution is -2.28. The maximum absolute atomic E-state index is 12.7. The van der Waals surface area contributed by atoms with Crippen molar-refractivity contribution < 1.29 is 9.53 Å². The van der Waals surface area contributed by atoms with E-state index in [9.17, 15) is 9.59 Å². The van der Waals surface area contributed by atoms with Crippen LogP contribution in [0.3, 0.4) is 0 Å². The molecule has 1 amide bonds. The molecule has 4 aromatic rings. The molecular formula is C22H20N4O3S. The van der Waals surface area contributed by atoms with Gasteiger partial charge in [-0.05, 0) is 31.2 Å². The number of thiazole rings is 1. The number of amides is 1. The Kier molecular flexibility index (Phi) is 5.58. The molecule has 2 aromatic heterocycles. The van der Waals surface area contributed by atoms with E-state index in [0.29, 0.717) is 34.0 Å². The van der Waals surface area contributed by atoms with Gasteiger partial charge in [-0.2, -0.15) is 0 Å². The molecule has 0 radical (unpaired) electrons. The summed E-state index contributed by atoms with van der Waals surface area (Å²) in [5, 5.41) is 2.95. The first kappa shape index (κ1) is 19.8. The fourth-order valence-electron chi connectivity index (χ4n) is 2.96. The molecule has 8 heteroatoms. The first-order chi connectivity index (χ1) is 14.5. The number of hydrogen-bond donors (Lipinski definition) is 1. The maximum Gasteiger partial charge on any atom is 0.273 e. The number of nitrogens with zero attached hydrogens (tertiary/aromatic N) is 3. The van der Waals surface area contributed by atoms with Crippen molar-refractivity contribution in [2.45, 2.75) is 20.1 Å². The zero-order valence-corrected chi connectivity index (χ0v) is 17.4. The molecule has 30 heavy (non-hydrogen) atoms. The lowest BCUT2D eigenvalue weighted by Gasteiger charge is -2.15. The van der Waals surface area contributed by atoms with E-state index in [0.717, 1.165) is 11.3 Å². The zero-order chi connectivity index (χ0) is 21.1. The van der Waals surface area contributed by atoms with Gasteiger partial charge in [-0.3, -0.25) is 9.59 Å². The molecule has 0 saturated carbocycles. The van der Waals surface area contributed by atoms with Crippen LogP contribution in [0.25, 0.3) is 10.9 Å². The van der Waals surface area contributed by atoms with Gasteiger partial charge in [0.15, 0.2) is 0 Å². The smallest absolute Gasteiger partial charge is 0.273 e. The summed E-state index contributed by atoms with van der Waals surface area (Å²) in [7, 11) is 1.65. The topological polar surface area (TPSA) is 88.2 Å². The van der Waals surface area contributed by atoms with Gasteiger partial charge in [0.05, 0.1) is 17.4 Å². The molecule has 0 bridgehead atoms. The van der Waals surface area contributed by atoms with Crippen LogP contribution in [0, 0.1) is 6.92 Å². The average molecular weight is 420 g/mol. The van der Waals surface area contributed by atoms with Gasteiger partial charge in [0.25, 0.3) is 11.5 Å². The summed E-state index contributed by atoms with van der Waals surface area (Å²) in [6, 6.07) is 14.9. The fourth-order valence-corrected chi connectivity index (χ4v) is 3.64. The predicted molar refractivity (Wildman–Crippen MR) is 116 cm³/mol. The fraction of sp³-hybridized carbons (Fsp3) is 0.182. The van der Waals surface area contributed by atoms with E-state index in [1.54, 1.807) is 30.6 Å². The van der Waals surface area contributed by atoms with E-state index < -0.39 is 0 Å². The molecule has 0 saturated heterocycles. The van der Waals surface area contributed by atoms with Crippen LogP contribution >= 0.6 is 11.3 Å². The Morgan fingerprint density at radius 1 is 1.13 bits per heavy atom. The molecule has 2 heterocycles. The van der Waals surface area contributed by atoms with Gasteiger partial charge in [-0.15, -0.1) is 11.3 Å². The Morgan fingerprint density at radius 2 is 1.90 bits per heavy atom. The summed E-state index contributed by atoms with van der Waals surface area (Å²) in [6.45, 7) is 2.48. The van der Waals surface area contributed by atoms with Crippen LogP contribution in [-0.4, -0.2) is 32.8 Å². The SMILES string of the molecule is Cc1ccc(OCc2nc(C(=O)N(C)Cc3nc4ccccc4c(=O)[nH]3)cs2)cc1.